The summed E-state index contributed by atoms with van der Waals surface area (Å²) < 4.78 is 0.973. The van der Waals surface area contributed by atoms with Gasteiger partial charge in [-0.1, -0.05) is 57.1 Å². The molecule has 2 aromatic carbocycles. The first kappa shape index (κ1) is 19.7. The van der Waals surface area contributed by atoms with Gasteiger partial charge < -0.3 is 10.2 Å². The van der Waals surface area contributed by atoms with E-state index in [1.165, 1.54) is 11.3 Å². The minimum absolute atomic E-state index is 0.0153. The first-order valence-corrected chi connectivity index (χ1v) is 10.8. The molecule has 4 rings (SSSR count). The highest BCUT2D eigenvalue weighted by molar-refractivity contribution is 9.10. The molecule has 1 atom stereocenters. The smallest absolute Gasteiger partial charge is 0.230 e. The van der Waals surface area contributed by atoms with E-state index in [1.54, 1.807) is 4.90 Å². The largest absolute Gasteiger partial charge is 0.312 e. The van der Waals surface area contributed by atoms with Crippen LogP contribution in [0.3, 0.4) is 0 Å². The predicted octanol–water partition coefficient (Wildman–Crippen LogP) is 4.31. The van der Waals surface area contributed by atoms with Crippen molar-refractivity contribution < 1.29 is 9.59 Å². The normalized spacial score (nSPS) is 16.3. The van der Waals surface area contributed by atoms with Gasteiger partial charge in [-0.3, -0.25) is 9.59 Å². The number of halogens is 1. The lowest BCUT2D eigenvalue weighted by atomic mass is 10.1. The van der Waals surface area contributed by atoms with Crippen LogP contribution >= 0.6 is 27.3 Å². The van der Waals surface area contributed by atoms with E-state index in [1.807, 2.05) is 55.5 Å². The highest BCUT2D eigenvalue weighted by Gasteiger charge is 2.33. The fourth-order valence-corrected chi connectivity index (χ4v) is 4.36. The number of nitrogens with one attached hydrogen (secondary N) is 1. The molecular weight excluding hydrogens is 452 g/mol. The highest BCUT2D eigenvalue weighted by Crippen LogP contribution is 2.34. The Balaban J connectivity index is 1.38. The summed E-state index contributed by atoms with van der Waals surface area (Å²) in [4.78, 5) is 26.5. The average molecular weight is 471 g/mol. The molecule has 1 aromatic heterocycles. The van der Waals surface area contributed by atoms with E-state index in [-0.39, 0.29) is 24.2 Å². The van der Waals surface area contributed by atoms with Crippen molar-refractivity contribution in [3.8, 4) is 0 Å². The number of rotatable bonds is 5. The molecule has 0 aliphatic carbocycles. The van der Waals surface area contributed by atoms with Gasteiger partial charge in [-0.2, -0.15) is 0 Å². The molecule has 0 bridgehead atoms. The lowest BCUT2D eigenvalue weighted by Crippen LogP contribution is -2.24. The summed E-state index contributed by atoms with van der Waals surface area (Å²) in [6.07, 6.45) is 0.667. The van der Waals surface area contributed by atoms with Gasteiger partial charge >= 0.3 is 0 Å². The van der Waals surface area contributed by atoms with Gasteiger partial charge in [0.1, 0.15) is 5.01 Å². The molecule has 1 N–H and O–H groups in total. The van der Waals surface area contributed by atoms with Crippen molar-refractivity contribution in [3.63, 3.8) is 0 Å². The Bertz CT molecular complexity index is 1030. The van der Waals surface area contributed by atoms with E-state index < -0.39 is 0 Å². The van der Waals surface area contributed by atoms with Gasteiger partial charge in [0.25, 0.3) is 0 Å². The maximum atomic E-state index is 12.5. The topological polar surface area (TPSA) is 75.2 Å². The van der Waals surface area contributed by atoms with Crippen molar-refractivity contribution >= 4 is 49.9 Å². The third kappa shape index (κ3) is 4.71. The second kappa shape index (κ2) is 8.42. The Labute approximate surface area is 181 Å². The number of carbonyl (C=O) groups is 2. The number of anilines is 2. The lowest BCUT2D eigenvalue weighted by molar-refractivity contribution is -0.117. The monoisotopic (exact) mass is 470 g/mol. The van der Waals surface area contributed by atoms with Crippen molar-refractivity contribution in [1.82, 2.24) is 10.2 Å². The SMILES string of the molecule is Cc1ccc(N2CC(c3nnc(NC(=O)Cc4ccc(Br)cc4)s3)CC2=O)cc1. The van der Waals surface area contributed by atoms with E-state index in [9.17, 15) is 9.59 Å². The summed E-state index contributed by atoms with van der Waals surface area (Å²) in [5, 5.41) is 12.3. The van der Waals surface area contributed by atoms with Gasteiger partial charge in [0.2, 0.25) is 16.9 Å². The van der Waals surface area contributed by atoms with Crippen LogP contribution in [-0.2, 0) is 16.0 Å². The van der Waals surface area contributed by atoms with Crippen LogP contribution in [0.2, 0.25) is 0 Å². The molecule has 1 aliphatic heterocycles. The minimum Gasteiger partial charge on any atom is -0.312 e. The maximum absolute atomic E-state index is 12.5. The Kier molecular flexibility index (Phi) is 5.73. The van der Waals surface area contributed by atoms with E-state index in [0.717, 1.165) is 26.3 Å². The van der Waals surface area contributed by atoms with Gasteiger partial charge in [-0.25, -0.2) is 0 Å². The number of aromatic nitrogens is 2. The van der Waals surface area contributed by atoms with Crippen LogP contribution in [0, 0.1) is 6.92 Å². The van der Waals surface area contributed by atoms with Crippen LogP contribution in [0.4, 0.5) is 10.8 Å². The minimum atomic E-state index is -0.140. The fraction of sp³-hybridized carbons (Fsp3) is 0.238. The van der Waals surface area contributed by atoms with Crippen LogP contribution < -0.4 is 10.2 Å². The zero-order valence-electron chi connectivity index (χ0n) is 15.8. The van der Waals surface area contributed by atoms with Crippen LogP contribution in [0.5, 0.6) is 0 Å². The zero-order valence-corrected chi connectivity index (χ0v) is 18.2. The zero-order chi connectivity index (χ0) is 20.4. The molecule has 0 saturated carbocycles. The third-order valence-corrected chi connectivity index (χ3v) is 6.31. The number of hydrogen-bond acceptors (Lipinski definition) is 5. The number of nitrogens with zero attached hydrogens (tertiary/aromatic N) is 3. The number of aryl methyl sites for hydroxylation is 1. The maximum Gasteiger partial charge on any atom is 0.230 e. The van der Waals surface area contributed by atoms with E-state index in [0.29, 0.717) is 18.1 Å². The first-order chi connectivity index (χ1) is 14.0. The van der Waals surface area contributed by atoms with Crippen molar-refractivity contribution in [3.05, 3.63) is 69.1 Å². The van der Waals surface area contributed by atoms with Gasteiger partial charge in [-0.15, -0.1) is 10.2 Å². The second-order valence-electron chi connectivity index (χ2n) is 7.04. The molecule has 6 nitrogen and oxygen atoms in total. The Morgan fingerprint density at radius 3 is 2.62 bits per heavy atom. The molecule has 0 radical (unpaired) electrons. The number of carbonyl (C=O) groups excluding carboxylic acids is 2. The Morgan fingerprint density at radius 2 is 1.90 bits per heavy atom. The lowest BCUT2D eigenvalue weighted by Gasteiger charge is -2.16. The van der Waals surface area contributed by atoms with Crippen LogP contribution in [-0.4, -0.2) is 28.6 Å². The molecule has 1 aliphatic rings. The number of amides is 2. The summed E-state index contributed by atoms with van der Waals surface area (Å²) in [5.41, 5.74) is 2.98. The van der Waals surface area contributed by atoms with Crippen molar-refractivity contribution in [1.29, 1.82) is 0 Å². The predicted molar refractivity (Wildman–Crippen MR) is 117 cm³/mol. The second-order valence-corrected chi connectivity index (χ2v) is 8.96. The summed E-state index contributed by atoms with van der Waals surface area (Å²) in [7, 11) is 0. The first-order valence-electron chi connectivity index (χ1n) is 9.22. The van der Waals surface area contributed by atoms with Crippen LogP contribution in [0.25, 0.3) is 0 Å². The van der Waals surface area contributed by atoms with Crippen molar-refractivity contribution in [2.75, 3.05) is 16.8 Å². The molecule has 8 heteroatoms. The molecule has 1 unspecified atom stereocenters. The molecule has 2 amide bonds. The standard InChI is InChI=1S/C21H19BrN4O2S/c1-13-2-8-17(9-3-13)26-12-15(11-19(26)28)20-24-25-21(29-20)23-18(27)10-14-4-6-16(22)7-5-14/h2-9,15H,10-12H2,1H3,(H,23,25,27). The summed E-state index contributed by atoms with van der Waals surface area (Å²) >= 11 is 4.71. The van der Waals surface area contributed by atoms with Crippen molar-refractivity contribution in [2.24, 2.45) is 0 Å². The fourth-order valence-electron chi connectivity index (χ4n) is 3.25. The van der Waals surface area contributed by atoms with Crippen LogP contribution in [0.1, 0.15) is 28.5 Å². The van der Waals surface area contributed by atoms with Crippen LogP contribution in [0.15, 0.2) is 53.0 Å². The Morgan fingerprint density at radius 1 is 1.17 bits per heavy atom. The molecule has 0 spiro atoms. The van der Waals surface area contributed by atoms with Gasteiger partial charge in [0.15, 0.2) is 0 Å². The molecular formula is C21H19BrN4O2S. The van der Waals surface area contributed by atoms with Gasteiger partial charge in [0.05, 0.1) is 6.42 Å². The highest BCUT2D eigenvalue weighted by atomic mass is 79.9. The average Bonchev–Trinajstić information content (AvgIpc) is 3.31. The molecule has 29 heavy (non-hydrogen) atoms. The summed E-state index contributed by atoms with van der Waals surface area (Å²) in [6.45, 7) is 2.59. The summed E-state index contributed by atoms with van der Waals surface area (Å²) in [5.74, 6) is -0.0768. The molecule has 1 saturated heterocycles. The van der Waals surface area contributed by atoms with Gasteiger partial charge in [-0.05, 0) is 36.8 Å². The van der Waals surface area contributed by atoms with E-state index in [4.69, 9.17) is 0 Å². The molecule has 2 heterocycles. The van der Waals surface area contributed by atoms with Crippen molar-refractivity contribution in [2.45, 2.75) is 25.7 Å². The summed E-state index contributed by atoms with van der Waals surface area (Å²) in [6, 6.07) is 15.5. The van der Waals surface area contributed by atoms with E-state index >= 15 is 0 Å². The molecule has 1 fully saturated rings. The Hall–Kier alpha value is -2.58. The molecule has 3 aromatic rings. The number of benzene rings is 2. The van der Waals surface area contributed by atoms with Gasteiger partial charge in [0, 0.05) is 29.0 Å². The number of hydrogen-bond donors (Lipinski definition) is 1. The quantitative estimate of drug-likeness (QED) is 0.602. The third-order valence-electron chi connectivity index (χ3n) is 4.78. The molecule has 148 valence electrons. The van der Waals surface area contributed by atoms with E-state index in [2.05, 4.69) is 31.4 Å².